The topological polar surface area (TPSA) is 61.9 Å². The van der Waals surface area contributed by atoms with Gasteiger partial charge in [0.25, 0.3) is 0 Å². The van der Waals surface area contributed by atoms with Crippen LogP contribution in [0.25, 0.3) is 0 Å². The first kappa shape index (κ1) is 13.9. The molecule has 2 aromatic rings. The number of hydrogen-bond donors (Lipinski definition) is 2. The number of nitrogens with zero attached hydrogens (tertiary/aromatic N) is 2. The fourth-order valence-corrected chi connectivity index (χ4v) is 3.31. The monoisotopic (exact) mass is 345 g/mol. The van der Waals surface area contributed by atoms with Crippen LogP contribution in [0.5, 0.6) is 0 Å². The van der Waals surface area contributed by atoms with E-state index in [-0.39, 0.29) is 5.84 Å². The van der Waals surface area contributed by atoms with Crippen molar-refractivity contribution in [3.63, 3.8) is 0 Å². The Hall–Kier alpha value is -2.01. The minimum atomic E-state index is 0.104. The third-order valence-electron chi connectivity index (χ3n) is 3.76. The Morgan fingerprint density at radius 3 is 2.81 bits per heavy atom. The zero-order valence-corrected chi connectivity index (χ0v) is 13.0. The zero-order valence-electron chi connectivity index (χ0n) is 11.5. The third kappa shape index (κ3) is 2.61. The Balaban J connectivity index is 2.01. The van der Waals surface area contributed by atoms with Gasteiger partial charge in [0.15, 0.2) is 5.84 Å². The largest absolute Gasteiger partial charge is 0.409 e. The van der Waals surface area contributed by atoms with E-state index < -0.39 is 0 Å². The summed E-state index contributed by atoms with van der Waals surface area (Å²) in [6.07, 6.45) is 2.26. The molecule has 1 aliphatic heterocycles. The number of aryl methyl sites for hydroxylation is 1. The van der Waals surface area contributed by atoms with Crippen molar-refractivity contribution in [3.05, 3.63) is 58.1 Å². The molecule has 0 aromatic heterocycles. The number of amidine groups is 1. The number of halogens is 1. The van der Waals surface area contributed by atoms with Gasteiger partial charge in [-0.3, -0.25) is 0 Å². The minimum Gasteiger partial charge on any atom is -0.409 e. The highest BCUT2D eigenvalue weighted by atomic mass is 79.9. The maximum absolute atomic E-state index is 8.79. The molecule has 21 heavy (non-hydrogen) atoms. The van der Waals surface area contributed by atoms with E-state index in [2.05, 4.69) is 50.3 Å². The fourth-order valence-electron chi connectivity index (χ4n) is 2.74. The summed E-state index contributed by atoms with van der Waals surface area (Å²) in [5.41, 5.74) is 10.1. The molecule has 0 bridgehead atoms. The lowest BCUT2D eigenvalue weighted by Crippen LogP contribution is -2.24. The summed E-state index contributed by atoms with van der Waals surface area (Å²) in [5, 5.41) is 11.8. The lowest BCUT2D eigenvalue weighted by molar-refractivity contribution is 0.318. The van der Waals surface area contributed by atoms with Crippen LogP contribution < -0.4 is 10.6 Å². The first-order chi connectivity index (χ1) is 10.2. The summed E-state index contributed by atoms with van der Waals surface area (Å²) in [6, 6.07) is 14.4. The van der Waals surface area contributed by atoms with E-state index in [1.54, 1.807) is 0 Å². The number of hydrogen-bond acceptors (Lipinski definition) is 3. The van der Waals surface area contributed by atoms with Gasteiger partial charge in [-0.15, -0.1) is 0 Å². The third-order valence-corrected chi connectivity index (χ3v) is 4.41. The molecule has 0 saturated carbocycles. The number of fused-ring (bicyclic) bond motifs is 1. The van der Waals surface area contributed by atoms with Gasteiger partial charge in [0.1, 0.15) is 0 Å². The van der Waals surface area contributed by atoms with Crippen molar-refractivity contribution < 1.29 is 5.21 Å². The lowest BCUT2D eigenvalue weighted by Gasteiger charge is -2.31. The Morgan fingerprint density at radius 2 is 2.05 bits per heavy atom. The Morgan fingerprint density at radius 1 is 1.24 bits per heavy atom. The molecule has 0 spiro atoms. The molecular weight excluding hydrogens is 330 g/mol. The highest BCUT2D eigenvalue weighted by Gasteiger charge is 2.18. The number of para-hydroxylation sites is 1. The molecule has 3 rings (SSSR count). The zero-order chi connectivity index (χ0) is 14.8. The summed E-state index contributed by atoms with van der Waals surface area (Å²) >= 11 is 3.50. The van der Waals surface area contributed by atoms with E-state index in [9.17, 15) is 0 Å². The van der Waals surface area contributed by atoms with Gasteiger partial charge < -0.3 is 15.8 Å². The molecule has 0 atom stereocenters. The molecule has 0 unspecified atom stereocenters. The van der Waals surface area contributed by atoms with Crippen LogP contribution in [-0.4, -0.2) is 17.6 Å². The SMILES string of the molecule is N/C(=N/O)c1ccc(N2CCCc3ccccc32)cc1Br. The molecule has 108 valence electrons. The van der Waals surface area contributed by atoms with Crippen molar-refractivity contribution in [2.45, 2.75) is 12.8 Å². The average molecular weight is 346 g/mol. The number of nitrogens with two attached hydrogens (primary N) is 1. The van der Waals surface area contributed by atoms with Gasteiger partial charge in [-0.05, 0) is 58.6 Å². The van der Waals surface area contributed by atoms with Crippen LogP contribution in [-0.2, 0) is 6.42 Å². The Labute approximate surface area is 132 Å². The highest BCUT2D eigenvalue weighted by molar-refractivity contribution is 9.10. The molecule has 3 N–H and O–H groups in total. The van der Waals surface area contributed by atoms with Crippen molar-refractivity contribution in [3.8, 4) is 0 Å². The Kier molecular flexibility index (Phi) is 3.84. The fraction of sp³-hybridized carbons (Fsp3) is 0.188. The van der Waals surface area contributed by atoms with Gasteiger partial charge in [0.2, 0.25) is 0 Å². The molecule has 0 saturated heterocycles. The van der Waals surface area contributed by atoms with E-state index in [1.165, 1.54) is 11.3 Å². The molecule has 2 aromatic carbocycles. The molecule has 1 aliphatic rings. The summed E-state index contributed by atoms with van der Waals surface area (Å²) in [5.74, 6) is 0.104. The molecule has 4 nitrogen and oxygen atoms in total. The molecule has 1 heterocycles. The molecule has 5 heteroatoms. The Bertz CT molecular complexity index is 700. The van der Waals surface area contributed by atoms with Crippen molar-refractivity contribution in [2.75, 3.05) is 11.4 Å². The van der Waals surface area contributed by atoms with Crippen LogP contribution in [0.3, 0.4) is 0 Å². The van der Waals surface area contributed by atoms with Gasteiger partial charge in [-0.2, -0.15) is 0 Å². The van der Waals surface area contributed by atoms with Crippen molar-refractivity contribution >= 4 is 33.1 Å². The van der Waals surface area contributed by atoms with Crippen LogP contribution in [0, 0.1) is 0 Å². The van der Waals surface area contributed by atoms with E-state index in [1.807, 2.05) is 18.2 Å². The first-order valence-corrected chi connectivity index (χ1v) is 7.63. The second-order valence-electron chi connectivity index (χ2n) is 5.03. The van der Waals surface area contributed by atoms with Crippen LogP contribution in [0.2, 0.25) is 0 Å². The molecular formula is C16H16BrN3O. The van der Waals surface area contributed by atoms with Gasteiger partial charge in [0, 0.05) is 28.0 Å². The highest BCUT2D eigenvalue weighted by Crippen LogP contribution is 2.35. The van der Waals surface area contributed by atoms with E-state index >= 15 is 0 Å². The minimum absolute atomic E-state index is 0.104. The van der Waals surface area contributed by atoms with Crippen LogP contribution in [0.1, 0.15) is 17.5 Å². The van der Waals surface area contributed by atoms with E-state index in [0.29, 0.717) is 5.56 Å². The smallest absolute Gasteiger partial charge is 0.171 e. The summed E-state index contributed by atoms with van der Waals surface area (Å²) < 4.78 is 0.818. The predicted molar refractivity (Wildman–Crippen MR) is 88.4 cm³/mol. The molecule has 0 radical (unpaired) electrons. The van der Waals surface area contributed by atoms with Crippen LogP contribution in [0.4, 0.5) is 11.4 Å². The summed E-state index contributed by atoms with van der Waals surface area (Å²) in [4.78, 5) is 2.31. The standard InChI is InChI=1S/C16H16BrN3O/c17-14-10-12(7-8-13(14)16(18)19-21)20-9-3-5-11-4-1-2-6-15(11)20/h1-2,4,6-8,10,21H,3,5,9H2,(H2,18,19). The second kappa shape index (κ2) is 5.77. The van der Waals surface area contributed by atoms with Crippen molar-refractivity contribution in [1.29, 1.82) is 0 Å². The van der Waals surface area contributed by atoms with Gasteiger partial charge >= 0.3 is 0 Å². The van der Waals surface area contributed by atoms with Crippen molar-refractivity contribution in [2.24, 2.45) is 10.9 Å². The average Bonchev–Trinajstić information content (AvgIpc) is 2.53. The molecule has 0 fully saturated rings. The number of oxime groups is 1. The van der Waals surface area contributed by atoms with E-state index in [0.717, 1.165) is 29.5 Å². The summed E-state index contributed by atoms with van der Waals surface area (Å²) in [7, 11) is 0. The maximum atomic E-state index is 8.79. The first-order valence-electron chi connectivity index (χ1n) is 6.83. The van der Waals surface area contributed by atoms with Crippen LogP contribution >= 0.6 is 15.9 Å². The molecule has 0 amide bonds. The van der Waals surface area contributed by atoms with Gasteiger partial charge in [0.05, 0.1) is 0 Å². The summed E-state index contributed by atoms with van der Waals surface area (Å²) in [6.45, 7) is 0.992. The second-order valence-corrected chi connectivity index (χ2v) is 5.89. The quantitative estimate of drug-likeness (QED) is 0.378. The molecule has 0 aliphatic carbocycles. The van der Waals surface area contributed by atoms with E-state index in [4.69, 9.17) is 10.9 Å². The van der Waals surface area contributed by atoms with Crippen LogP contribution in [0.15, 0.2) is 52.1 Å². The van der Waals surface area contributed by atoms with Gasteiger partial charge in [-0.25, -0.2) is 0 Å². The van der Waals surface area contributed by atoms with Gasteiger partial charge in [-0.1, -0.05) is 23.4 Å². The maximum Gasteiger partial charge on any atom is 0.171 e. The number of benzene rings is 2. The van der Waals surface area contributed by atoms with Crippen molar-refractivity contribution in [1.82, 2.24) is 0 Å². The number of rotatable bonds is 2. The lowest BCUT2D eigenvalue weighted by atomic mass is 10.0. The normalized spacial score (nSPS) is 14.9. The predicted octanol–water partition coefficient (Wildman–Crippen LogP) is 3.63. The number of anilines is 2.